The van der Waals surface area contributed by atoms with Gasteiger partial charge in [-0.2, -0.15) is 0 Å². The highest BCUT2D eigenvalue weighted by Gasteiger charge is 2.34. The van der Waals surface area contributed by atoms with Gasteiger partial charge in [0.25, 0.3) is 0 Å². The van der Waals surface area contributed by atoms with E-state index in [2.05, 4.69) is 21.2 Å². The Hall–Kier alpha value is -3.37. The van der Waals surface area contributed by atoms with Gasteiger partial charge in [0, 0.05) is 23.5 Å². The van der Waals surface area contributed by atoms with Crippen LogP contribution in [0.5, 0.6) is 5.75 Å². The van der Waals surface area contributed by atoms with Gasteiger partial charge in [0.1, 0.15) is 18.3 Å². The van der Waals surface area contributed by atoms with Gasteiger partial charge in [-0.1, -0.05) is 83.4 Å². The lowest BCUT2D eigenvalue weighted by atomic mass is 10.0. The number of nitrogens with zero attached hydrogens (tertiary/aromatic N) is 2. The molecular formula is C32H38BrN3O5S. The molecule has 1 saturated carbocycles. The summed E-state index contributed by atoms with van der Waals surface area (Å²) in [4.78, 5) is 29.7. The van der Waals surface area contributed by atoms with Crippen molar-refractivity contribution < 1.29 is 22.7 Å². The number of rotatable bonds is 13. The molecule has 42 heavy (non-hydrogen) atoms. The van der Waals surface area contributed by atoms with Gasteiger partial charge < -0.3 is 15.0 Å². The summed E-state index contributed by atoms with van der Waals surface area (Å²) in [6.07, 6.45) is 5.26. The van der Waals surface area contributed by atoms with Crippen molar-refractivity contribution in [2.45, 2.75) is 57.7 Å². The molecule has 3 aromatic carbocycles. The zero-order valence-electron chi connectivity index (χ0n) is 24.0. The normalized spacial score (nSPS) is 14.3. The van der Waals surface area contributed by atoms with Crippen LogP contribution < -0.4 is 14.4 Å². The number of amides is 2. The van der Waals surface area contributed by atoms with Crippen LogP contribution in [0.2, 0.25) is 0 Å². The Kier molecular flexibility index (Phi) is 11.0. The molecule has 8 nitrogen and oxygen atoms in total. The zero-order chi connectivity index (χ0) is 30.1. The average Bonchev–Trinajstić information content (AvgIpc) is 3.47. The van der Waals surface area contributed by atoms with Crippen LogP contribution in [-0.4, -0.2) is 56.6 Å². The van der Waals surface area contributed by atoms with E-state index in [4.69, 9.17) is 4.74 Å². The van der Waals surface area contributed by atoms with Crippen LogP contribution in [0.3, 0.4) is 0 Å². The third kappa shape index (κ3) is 8.58. The number of para-hydroxylation sites is 2. The van der Waals surface area contributed by atoms with Crippen molar-refractivity contribution in [1.29, 1.82) is 0 Å². The smallest absolute Gasteiger partial charge is 0.244 e. The first-order valence-electron chi connectivity index (χ1n) is 14.2. The second-order valence-electron chi connectivity index (χ2n) is 10.5. The molecule has 10 heteroatoms. The third-order valence-corrected chi connectivity index (χ3v) is 8.95. The van der Waals surface area contributed by atoms with E-state index in [0.717, 1.165) is 51.8 Å². The maximum Gasteiger partial charge on any atom is 0.244 e. The third-order valence-electron chi connectivity index (χ3n) is 7.33. The summed E-state index contributed by atoms with van der Waals surface area (Å²) in [6, 6.07) is 23.0. The minimum atomic E-state index is -3.89. The molecule has 224 valence electrons. The molecule has 0 unspecified atom stereocenters. The number of carbonyl (C=O) groups is 2. The van der Waals surface area contributed by atoms with Gasteiger partial charge in [0.2, 0.25) is 21.8 Å². The lowest BCUT2D eigenvalue weighted by molar-refractivity contribution is -0.140. The Balaban J connectivity index is 1.74. The Labute approximate surface area is 257 Å². The predicted molar refractivity (Wildman–Crippen MR) is 169 cm³/mol. The molecule has 1 atom stereocenters. The van der Waals surface area contributed by atoms with Gasteiger partial charge in [0.05, 0.1) is 18.6 Å². The SMILES string of the molecule is CCOc1ccccc1N(CC(=O)N(Cc1cccc(Br)c1)[C@@H](Cc1ccccc1)C(=O)NC1CCCC1)S(C)(=O)=O. The first-order chi connectivity index (χ1) is 20.2. The number of hydrogen-bond donors (Lipinski definition) is 1. The fourth-order valence-corrected chi connectivity index (χ4v) is 6.59. The number of nitrogens with one attached hydrogen (secondary N) is 1. The van der Waals surface area contributed by atoms with Crippen molar-refractivity contribution in [2.24, 2.45) is 0 Å². The molecule has 1 aliphatic rings. The quantitative estimate of drug-likeness (QED) is 0.269. The van der Waals surface area contributed by atoms with Crippen molar-refractivity contribution in [3.63, 3.8) is 0 Å². The summed E-state index contributed by atoms with van der Waals surface area (Å²) < 4.78 is 33.8. The van der Waals surface area contributed by atoms with E-state index in [1.165, 1.54) is 4.90 Å². The number of hydrogen-bond acceptors (Lipinski definition) is 5. The summed E-state index contributed by atoms with van der Waals surface area (Å²) >= 11 is 3.50. The first-order valence-corrected chi connectivity index (χ1v) is 16.9. The van der Waals surface area contributed by atoms with Crippen LogP contribution in [0.1, 0.15) is 43.7 Å². The molecule has 3 aromatic rings. The molecule has 1 aliphatic carbocycles. The second kappa shape index (κ2) is 14.7. The molecule has 0 spiro atoms. The molecule has 0 bridgehead atoms. The lowest BCUT2D eigenvalue weighted by Gasteiger charge is -2.34. The van der Waals surface area contributed by atoms with E-state index in [0.29, 0.717) is 12.4 Å². The highest BCUT2D eigenvalue weighted by Crippen LogP contribution is 2.30. The fourth-order valence-electron chi connectivity index (χ4n) is 5.29. The monoisotopic (exact) mass is 655 g/mol. The Bertz CT molecular complexity index is 1460. The molecule has 0 saturated heterocycles. The van der Waals surface area contributed by atoms with Crippen molar-refractivity contribution in [2.75, 3.05) is 23.7 Å². The van der Waals surface area contributed by atoms with Crippen molar-refractivity contribution >= 4 is 43.5 Å². The number of benzene rings is 3. The van der Waals surface area contributed by atoms with E-state index >= 15 is 0 Å². The Morgan fingerprint density at radius 1 is 0.976 bits per heavy atom. The van der Waals surface area contributed by atoms with Crippen LogP contribution >= 0.6 is 15.9 Å². The van der Waals surface area contributed by atoms with E-state index in [9.17, 15) is 18.0 Å². The van der Waals surface area contributed by atoms with Crippen molar-refractivity contribution in [3.8, 4) is 5.75 Å². The van der Waals surface area contributed by atoms with E-state index in [-0.39, 0.29) is 30.6 Å². The average molecular weight is 657 g/mol. The highest BCUT2D eigenvalue weighted by molar-refractivity contribution is 9.10. The fraction of sp³-hybridized carbons (Fsp3) is 0.375. The maximum atomic E-state index is 14.3. The van der Waals surface area contributed by atoms with Crippen LogP contribution in [0.25, 0.3) is 0 Å². The van der Waals surface area contributed by atoms with Crippen LogP contribution in [-0.2, 0) is 32.6 Å². The van der Waals surface area contributed by atoms with Gasteiger partial charge in [-0.15, -0.1) is 0 Å². The van der Waals surface area contributed by atoms with Crippen LogP contribution in [0.15, 0.2) is 83.3 Å². The minimum absolute atomic E-state index is 0.0594. The summed E-state index contributed by atoms with van der Waals surface area (Å²) in [5, 5.41) is 3.18. The number of ether oxygens (including phenoxy) is 1. The molecule has 0 aliphatic heterocycles. The number of carbonyl (C=O) groups excluding carboxylic acids is 2. The van der Waals surface area contributed by atoms with Crippen molar-refractivity contribution in [1.82, 2.24) is 10.2 Å². The summed E-state index contributed by atoms with van der Waals surface area (Å²) in [5.41, 5.74) is 1.98. The molecular weight excluding hydrogens is 618 g/mol. The largest absolute Gasteiger partial charge is 0.492 e. The summed E-state index contributed by atoms with van der Waals surface area (Å²) in [7, 11) is -3.89. The molecule has 0 aromatic heterocycles. The summed E-state index contributed by atoms with van der Waals surface area (Å²) in [5.74, 6) is -0.375. The maximum absolute atomic E-state index is 14.3. The number of sulfonamides is 1. The molecule has 4 rings (SSSR count). The van der Waals surface area contributed by atoms with Crippen LogP contribution in [0, 0.1) is 0 Å². The van der Waals surface area contributed by atoms with Crippen molar-refractivity contribution in [3.05, 3.63) is 94.5 Å². The predicted octanol–water partition coefficient (Wildman–Crippen LogP) is 5.31. The second-order valence-corrected chi connectivity index (χ2v) is 13.3. The highest BCUT2D eigenvalue weighted by atomic mass is 79.9. The van der Waals surface area contributed by atoms with Crippen LogP contribution in [0.4, 0.5) is 5.69 Å². The molecule has 1 N–H and O–H groups in total. The Morgan fingerprint density at radius 3 is 2.31 bits per heavy atom. The molecule has 0 radical (unpaired) electrons. The van der Waals surface area contributed by atoms with E-state index in [1.54, 1.807) is 24.3 Å². The van der Waals surface area contributed by atoms with E-state index < -0.39 is 28.5 Å². The van der Waals surface area contributed by atoms with Gasteiger partial charge in [-0.25, -0.2) is 8.42 Å². The minimum Gasteiger partial charge on any atom is -0.492 e. The van der Waals surface area contributed by atoms with Gasteiger partial charge in [0.15, 0.2) is 0 Å². The zero-order valence-corrected chi connectivity index (χ0v) is 26.4. The summed E-state index contributed by atoms with van der Waals surface area (Å²) in [6.45, 7) is 1.78. The van der Waals surface area contributed by atoms with Gasteiger partial charge >= 0.3 is 0 Å². The number of anilines is 1. The van der Waals surface area contributed by atoms with Gasteiger partial charge in [-0.3, -0.25) is 13.9 Å². The van der Waals surface area contributed by atoms with Gasteiger partial charge in [-0.05, 0) is 55.2 Å². The molecule has 1 fully saturated rings. The Morgan fingerprint density at radius 2 is 1.64 bits per heavy atom. The number of halogens is 1. The first kappa shape index (κ1) is 31.6. The molecule has 0 heterocycles. The topological polar surface area (TPSA) is 96.0 Å². The standard InChI is InChI=1S/C32H38BrN3O5S/c1-3-41-30-19-10-9-18-28(30)36(42(2,39)40)23-31(37)35(22-25-14-11-15-26(33)20-25)29(21-24-12-5-4-6-13-24)32(38)34-27-16-7-8-17-27/h4-6,9-15,18-20,27,29H,3,7-8,16-17,21-23H2,1-2H3,(H,34,38)/t29-/m0/s1. The lowest BCUT2D eigenvalue weighted by Crippen LogP contribution is -2.54. The molecule has 2 amide bonds. The van der Waals surface area contributed by atoms with E-state index in [1.807, 2.05) is 61.5 Å².